The zero-order valence-electron chi connectivity index (χ0n) is 32.4. The van der Waals surface area contributed by atoms with E-state index in [-0.39, 0.29) is 5.41 Å². The SMILES string of the molecule is CC1(C)c2ccccc2C2(c3ccccc3-n3c4ccccc4c4cccc2c43)c2ccc(-c3ccc4c(c3)c3ccccc3n4-c3ccc4ccccc4c3)cc21. The molecular formula is C56H38N2. The normalized spacial score (nSPS) is 16.3. The molecule has 272 valence electrons. The van der Waals surface area contributed by atoms with Gasteiger partial charge in [0.1, 0.15) is 0 Å². The van der Waals surface area contributed by atoms with E-state index in [1.165, 1.54) is 110 Å². The molecule has 3 heterocycles. The predicted molar refractivity (Wildman–Crippen MR) is 242 cm³/mol. The van der Waals surface area contributed by atoms with Gasteiger partial charge in [-0.1, -0.05) is 159 Å². The number of benzene rings is 9. The van der Waals surface area contributed by atoms with E-state index in [4.69, 9.17) is 0 Å². The van der Waals surface area contributed by atoms with Crippen LogP contribution in [0.1, 0.15) is 47.2 Å². The summed E-state index contributed by atoms with van der Waals surface area (Å²) >= 11 is 0. The molecule has 2 nitrogen and oxygen atoms in total. The van der Waals surface area contributed by atoms with Gasteiger partial charge in [0.15, 0.2) is 0 Å². The van der Waals surface area contributed by atoms with Crippen molar-refractivity contribution in [3.05, 3.63) is 228 Å². The lowest BCUT2D eigenvalue weighted by Crippen LogP contribution is -2.44. The lowest BCUT2D eigenvalue weighted by molar-refractivity contribution is 0.556. The highest BCUT2D eigenvalue weighted by atomic mass is 15.0. The molecule has 58 heavy (non-hydrogen) atoms. The highest BCUT2D eigenvalue weighted by Gasteiger charge is 2.52. The van der Waals surface area contributed by atoms with Gasteiger partial charge in [0.25, 0.3) is 0 Å². The zero-order valence-corrected chi connectivity index (χ0v) is 32.4. The minimum absolute atomic E-state index is 0.240. The lowest BCUT2D eigenvalue weighted by Gasteiger charge is -2.50. The van der Waals surface area contributed by atoms with Gasteiger partial charge in [-0.3, -0.25) is 0 Å². The zero-order chi connectivity index (χ0) is 38.3. The summed E-state index contributed by atoms with van der Waals surface area (Å²) in [6.45, 7) is 4.85. The minimum atomic E-state index is -0.502. The van der Waals surface area contributed by atoms with Crippen LogP contribution in [-0.2, 0) is 10.8 Å². The highest BCUT2D eigenvalue weighted by Crippen LogP contribution is 2.60. The molecule has 0 saturated heterocycles. The third-order valence-electron chi connectivity index (χ3n) is 13.7. The molecule has 0 bridgehead atoms. The molecule has 13 rings (SSSR count). The number of hydrogen-bond donors (Lipinski definition) is 0. The van der Waals surface area contributed by atoms with E-state index in [2.05, 4.69) is 217 Å². The van der Waals surface area contributed by atoms with E-state index in [9.17, 15) is 0 Å². The number of hydrogen-bond acceptors (Lipinski definition) is 0. The van der Waals surface area contributed by atoms with Crippen molar-refractivity contribution in [2.45, 2.75) is 24.7 Å². The molecule has 0 saturated carbocycles. The van der Waals surface area contributed by atoms with Crippen LogP contribution in [0.5, 0.6) is 0 Å². The molecule has 2 heteroatoms. The summed E-state index contributed by atoms with van der Waals surface area (Å²) in [4.78, 5) is 0. The van der Waals surface area contributed by atoms with Crippen molar-refractivity contribution < 1.29 is 0 Å². The topological polar surface area (TPSA) is 9.86 Å². The smallest absolute Gasteiger partial charge is 0.0748 e. The lowest BCUT2D eigenvalue weighted by atomic mass is 9.53. The van der Waals surface area contributed by atoms with Gasteiger partial charge in [-0.05, 0) is 104 Å². The van der Waals surface area contributed by atoms with Crippen LogP contribution in [0.3, 0.4) is 0 Å². The second-order valence-electron chi connectivity index (χ2n) is 16.9. The Morgan fingerprint density at radius 3 is 1.78 bits per heavy atom. The van der Waals surface area contributed by atoms with Gasteiger partial charge in [-0.2, -0.15) is 0 Å². The molecule has 1 aliphatic carbocycles. The molecule has 1 atom stereocenters. The van der Waals surface area contributed by atoms with Crippen molar-refractivity contribution in [2.24, 2.45) is 0 Å². The van der Waals surface area contributed by atoms with Crippen molar-refractivity contribution >= 4 is 54.4 Å². The first kappa shape index (κ1) is 32.0. The van der Waals surface area contributed by atoms with Crippen LogP contribution < -0.4 is 0 Å². The Labute approximate surface area is 336 Å². The molecule has 0 N–H and O–H groups in total. The van der Waals surface area contributed by atoms with E-state index in [0.717, 1.165) is 0 Å². The summed E-state index contributed by atoms with van der Waals surface area (Å²) in [5, 5.41) is 7.63. The molecule has 1 unspecified atom stereocenters. The Bertz CT molecular complexity index is 3560. The van der Waals surface area contributed by atoms with Crippen molar-refractivity contribution in [3.8, 4) is 22.5 Å². The summed E-state index contributed by atoms with van der Waals surface area (Å²) in [6, 6.07) is 73.1. The first-order chi connectivity index (χ1) is 28.5. The number of nitrogens with zero attached hydrogens (tertiary/aromatic N) is 2. The minimum Gasteiger partial charge on any atom is -0.309 e. The summed E-state index contributed by atoms with van der Waals surface area (Å²) in [6.07, 6.45) is 0. The fourth-order valence-electron chi connectivity index (χ4n) is 11.2. The van der Waals surface area contributed by atoms with Crippen LogP contribution in [0.4, 0.5) is 0 Å². The maximum atomic E-state index is 2.53. The number of rotatable bonds is 2. The van der Waals surface area contributed by atoms with Gasteiger partial charge >= 0.3 is 0 Å². The van der Waals surface area contributed by atoms with E-state index >= 15 is 0 Å². The van der Waals surface area contributed by atoms with E-state index in [1.807, 2.05) is 0 Å². The molecule has 2 aromatic heterocycles. The molecule has 0 amide bonds. The summed E-state index contributed by atoms with van der Waals surface area (Å²) < 4.78 is 4.96. The molecule has 1 spiro atoms. The Morgan fingerprint density at radius 1 is 0.345 bits per heavy atom. The van der Waals surface area contributed by atoms with Gasteiger partial charge in [0.2, 0.25) is 0 Å². The quantitative estimate of drug-likeness (QED) is 0.167. The molecule has 11 aromatic rings. The maximum Gasteiger partial charge on any atom is 0.0748 e. The van der Waals surface area contributed by atoms with Crippen LogP contribution in [0.15, 0.2) is 194 Å². The summed E-state index contributed by atoms with van der Waals surface area (Å²) in [5.41, 5.74) is 17.3. The van der Waals surface area contributed by atoms with Crippen LogP contribution >= 0.6 is 0 Å². The number of aromatic nitrogens is 2. The Kier molecular flexibility index (Phi) is 6.20. The fourth-order valence-corrected chi connectivity index (χ4v) is 11.2. The molecule has 0 fully saturated rings. The Hall–Kier alpha value is -7.16. The molecule has 2 aliphatic rings. The number of para-hydroxylation sites is 4. The van der Waals surface area contributed by atoms with Crippen LogP contribution in [0.2, 0.25) is 0 Å². The van der Waals surface area contributed by atoms with Crippen molar-refractivity contribution in [2.75, 3.05) is 0 Å². The third-order valence-corrected chi connectivity index (χ3v) is 13.7. The first-order valence-electron chi connectivity index (χ1n) is 20.4. The second-order valence-corrected chi connectivity index (χ2v) is 16.9. The van der Waals surface area contributed by atoms with Crippen molar-refractivity contribution in [3.63, 3.8) is 0 Å². The molecule has 1 aliphatic heterocycles. The largest absolute Gasteiger partial charge is 0.309 e. The Morgan fingerprint density at radius 2 is 0.931 bits per heavy atom. The van der Waals surface area contributed by atoms with Crippen LogP contribution in [-0.4, -0.2) is 9.13 Å². The molecule has 9 aromatic carbocycles. The van der Waals surface area contributed by atoms with Crippen molar-refractivity contribution in [1.82, 2.24) is 9.13 Å². The third kappa shape index (κ3) is 3.92. The average molecular weight is 739 g/mol. The van der Waals surface area contributed by atoms with E-state index < -0.39 is 5.41 Å². The van der Waals surface area contributed by atoms with Gasteiger partial charge in [0, 0.05) is 32.6 Å². The van der Waals surface area contributed by atoms with Crippen LogP contribution in [0.25, 0.3) is 76.9 Å². The monoisotopic (exact) mass is 738 g/mol. The van der Waals surface area contributed by atoms with E-state index in [1.54, 1.807) is 0 Å². The standard InChI is InChI=1S/C56H38N2/c1-55(2)44-19-7-8-20-45(44)56(47-21-9-12-25-53(47)58-51-24-11-5-16-40(51)42-18-13-22-48(56)54(42)58)46-30-27-38(34-49(46)55)37-28-31-52-43(33-37)41-17-6-10-23-50(41)57(52)39-29-26-35-14-3-4-15-36(35)32-39/h3-34H,1-2H3. The predicted octanol–water partition coefficient (Wildman–Crippen LogP) is 14.0. The summed E-state index contributed by atoms with van der Waals surface area (Å²) in [7, 11) is 0. The molecular weight excluding hydrogens is 701 g/mol. The highest BCUT2D eigenvalue weighted by molar-refractivity contribution is 6.13. The average Bonchev–Trinajstić information content (AvgIpc) is 3.80. The van der Waals surface area contributed by atoms with Crippen molar-refractivity contribution in [1.29, 1.82) is 0 Å². The maximum absolute atomic E-state index is 2.53. The van der Waals surface area contributed by atoms with E-state index in [0.29, 0.717) is 0 Å². The van der Waals surface area contributed by atoms with Gasteiger partial charge < -0.3 is 9.13 Å². The second kappa shape index (κ2) is 11.2. The first-order valence-corrected chi connectivity index (χ1v) is 20.4. The van der Waals surface area contributed by atoms with Gasteiger partial charge in [-0.15, -0.1) is 0 Å². The fraction of sp³-hybridized carbons (Fsp3) is 0.0714. The number of fused-ring (bicyclic) bond motifs is 15. The Balaban J connectivity index is 1.07. The summed E-state index contributed by atoms with van der Waals surface area (Å²) in [5.74, 6) is 0. The van der Waals surface area contributed by atoms with Gasteiger partial charge in [-0.25, -0.2) is 0 Å². The van der Waals surface area contributed by atoms with Crippen LogP contribution in [0, 0.1) is 0 Å². The molecule has 0 radical (unpaired) electrons. The van der Waals surface area contributed by atoms with Gasteiger partial charge in [0.05, 0.1) is 33.2 Å².